The first kappa shape index (κ1) is 18.8. The van der Waals surface area contributed by atoms with Crippen LogP contribution < -0.4 is 14.9 Å². The van der Waals surface area contributed by atoms with Crippen molar-refractivity contribution in [3.63, 3.8) is 0 Å². The normalized spacial score (nSPS) is 10.7. The molecule has 1 aromatic carbocycles. The number of hydrogen-bond acceptors (Lipinski definition) is 5. The highest BCUT2D eigenvalue weighted by Crippen LogP contribution is 2.37. The van der Waals surface area contributed by atoms with E-state index in [0.717, 1.165) is 40.2 Å². The number of aromatic nitrogens is 3. The summed E-state index contributed by atoms with van der Waals surface area (Å²) < 4.78 is 14.8. The van der Waals surface area contributed by atoms with Crippen molar-refractivity contribution >= 4 is 28.1 Å². The molecule has 0 aliphatic rings. The highest BCUT2D eigenvalue weighted by Gasteiger charge is 2.12. The maximum Gasteiger partial charge on any atom is 0.214 e. The van der Waals surface area contributed by atoms with Gasteiger partial charge in [-0.25, -0.2) is 4.68 Å². The molecule has 132 valence electrons. The van der Waals surface area contributed by atoms with E-state index in [1.165, 1.54) is 0 Å². The molecule has 0 bridgehead atoms. The number of nitrogens with zero attached hydrogens (tertiary/aromatic N) is 2. The van der Waals surface area contributed by atoms with E-state index in [4.69, 9.17) is 21.7 Å². The molecule has 0 aliphatic heterocycles. The zero-order valence-corrected chi connectivity index (χ0v) is 16.6. The highest BCUT2D eigenvalue weighted by atomic mass is 79.9. The minimum atomic E-state index is 0.554. The summed E-state index contributed by atoms with van der Waals surface area (Å²) in [5.74, 6) is 2.35. The third-order valence-electron chi connectivity index (χ3n) is 3.32. The summed E-state index contributed by atoms with van der Waals surface area (Å²) >= 11 is 8.83. The number of rotatable bonds is 9. The Bertz CT molecular complexity index is 729. The summed E-state index contributed by atoms with van der Waals surface area (Å²) in [6.45, 7) is 7.90. The fourth-order valence-corrected chi connectivity index (χ4v) is 3.05. The van der Waals surface area contributed by atoms with Gasteiger partial charge in [-0.05, 0) is 59.2 Å². The van der Waals surface area contributed by atoms with Gasteiger partial charge in [-0.2, -0.15) is 5.10 Å². The van der Waals surface area contributed by atoms with Crippen molar-refractivity contribution < 1.29 is 9.47 Å². The predicted octanol–water partition coefficient (Wildman–Crippen LogP) is 4.20. The molecule has 24 heavy (non-hydrogen) atoms. The number of ether oxygens (including phenoxy) is 2. The van der Waals surface area contributed by atoms with Gasteiger partial charge in [-0.15, -0.1) is 0 Å². The maximum absolute atomic E-state index is 5.80. The Hall–Kier alpha value is -1.54. The van der Waals surface area contributed by atoms with Crippen molar-refractivity contribution in [3.05, 3.63) is 32.8 Å². The van der Waals surface area contributed by atoms with Crippen molar-refractivity contribution in [2.75, 3.05) is 18.6 Å². The van der Waals surface area contributed by atoms with Gasteiger partial charge in [0.1, 0.15) is 0 Å². The third kappa shape index (κ3) is 4.51. The van der Waals surface area contributed by atoms with Crippen molar-refractivity contribution in [2.45, 2.75) is 40.2 Å². The summed E-state index contributed by atoms with van der Waals surface area (Å²) in [7, 11) is 0. The number of nitrogens with one attached hydrogen (secondary N) is 2. The molecule has 6 nitrogen and oxygen atoms in total. The average molecular weight is 415 g/mol. The second kappa shape index (κ2) is 9.08. The molecule has 0 amide bonds. The zero-order chi connectivity index (χ0) is 17.5. The lowest BCUT2D eigenvalue weighted by Crippen LogP contribution is -2.17. The lowest BCUT2D eigenvalue weighted by molar-refractivity contribution is 0.275. The van der Waals surface area contributed by atoms with Crippen LogP contribution in [0, 0.1) is 4.77 Å². The Kier molecular flexibility index (Phi) is 7.11. The van der Waals surface area contributed by atoms with E-state index in [2.05, 4.69) is 38.5 Å². The first-order valence-electron chi connectivity index (χ1n) is 8.08. The van der Waals surface area contributed by atoms with E-state index >= 15 is 0 Å². The third-order valence-corrected chi connectivity index (χ3v) is 4.18. The van der Waals surface area contributed by atoms with Gasteiger partial charge in [0.15, 0.2) is 17.3 Å². The lowest BCUT2D eigenvalue weighted by Gasteiger charge is -2.16. The largest absolute Gasteiger partial charge is 0.490 e. The van der Waals surface area contributed by atoms with Gasteiger partial charge < -0.3 is 14.9 Å². The van der Waals surface area contributed by atoms with Gasteiger partial charge in [0, 0.05) is 6.42 Å². The lowest BCUT2D eigenvalue weighted by atomic mass is 10.2. The molecule has 0 saturated heterocycles. The van der Waals surface area contributed by atoms with E-state index in [0.29, 0.717) is 24.5 Å². The second-order valence-corrected chi connectivity index (χ2v) is 6.40. The van der Waals surface area contributed by atoms with Crippen molar-refractivity contribution in [2.24, 2.45) is 0 Å². The summed E-state index contributed by atoms with van der Waals surface area (Å²) in [5.41, 5.74) is 4.34. The first-order valence-corrected chi connectivity index (χ1v) is 9.28. The van der Waals surface area contributed by atoms with Gasteiger partial charge in [0.05, 0.1) is 24.2 Å². The number of aryl methyl sites for hydroxylation is 1. The molecular formula is C16H23BrN4O2S. The molecule has 2 aromatic rings. The Morgan fingerprint density at radius 1 is 1.29 bits per heavy atom. The van der Waals surface area contributed by atoms with Crippen LogP contribution in [0.1, 0.15) is 38.6 Å². The van der Waals surface area contributed by atoms with Crippen LogP contribution in [-0.4, -0.2) is 28.1 Å². The topological polar surface area (TPSA) is 64.1 Å². The number of hydrogen-bond donors (Lipinski definition) is 2. The van der Waals surface area contributed by atoms with Crippen LogP contribution in [0.15, 0.2) is 16.6 Å². The van der Waals surface area contributed by atoms with Gasteiger partial charge in [0.25, 0.3) is 0 Å². The molecule has 0 atom stereocenters. The molecule has 2 rings (SSSR count). The minimum Gasteiger partial charge on any atom is -0.490 e. The zero-order valence-electron chi connectivity index (χ0n) is 14.2. The summed E-state index contributed by atoms with van der Waals surface area (Å²) in [6, 6.07) is 4.01. The quantitative estimate of drug-likeness (QED) is 0.601. The molecule has 1 heterocycles. The number of H-pyrrole nitrogens is 1. The summed E-state index contributed by atoms with van der Waals surface area (Å²) in [6.07, 6.45) is 1.73. The highest BCUT2D eigenvalue weighted by molar-refractivity contribution is 9.10. The molecule has 1 aromatic heterocycles. The van der Waals surface area contributed by atoms with Crippen molar-refractivity contribution in [3.8, 4) is 11.5 Å². The van der Waals surface area contributed by atoms with E-state index in [1.807, 2.05) is 26.0 Å². The van der Waals surface area contributed by atoms with Crippen molar-refractivity contribution in [1.82, 2.24) is 14.9 Å². The maximum atomic E-state index is 5.80. The first-order chi connectivity index (χ1) is 11.6. The molecule has 0 fully saturated rings. The average Bonchev–Trinajstić information content (AvgIpc) is 2.92. The van der Waals surface area contributed by atoms with Crippen LogP contribution in [0.25, 0.3) is 0 Å². The molecule has 8 heteroatoms. The summed E-state index contributed by atoms with van der Waals surface area (Å²) in [4.78, 5) is 0. The number of benzene rings is 1. The standard InChI is InChI=1S/C16H23BrN4O2S/c1-4-7-23-15-12(17)8-11(9-13(15)22-6-3)10-18-21-14(5-2)19-20-16(21)24/h8-9,18H,4-7,10H2,1-3H3,(H,20,24). The van der Waals surface area contributed by atoms with Crippen LogP contribution >= 0.6 is 28.1 Å². The Morgan fingerprint density at radius 2 is 2.08 bits per heavy atom. The molecule has 0 unspecified atom stereocenters. The second-order valence-electron chi connectivity index (χ2n) is 5.16. The van der Waals surface area contributed by atoms with Crippen LogP contribution in [-0.2, 0) is 13.0 Å². The SMILES string of the molecule is CCCOc1c(Br)cc(CNn2c(CC)n[nH]c2=S)cc1OCC. The monoisotopic (exact) mass is 414 g/mol. The van der Waals surface area contributed by atoms with E-state index in [-0.39, 0.29) is 0 Å². The molecular weight excluding hydrogens is 392 g/mol. The van der Waals surface area contributed by atoms with E-state index in [1.54, 1.807) is 4.68 Å². The minimum absolute atomic E-state index is 0.554. The fourth-order valence-electron chi connectivity index (χ4n) is 2.23. The van der Waals surface area contributed by atoms with Crippen LogP contribution in [0.4, 0.5) is 0 Å². The smallest absolute Gasteiger partial charge is 0.214 e. The molecule has 0 aliphatic carbocycles. The molecule has 0 radical (unpaired) electrons. The van der Waals surface area contributed by atoms with Crippen LogP contribution in [0.2, 0.25) is 0 Å². The Morgan fingerprint density at radius 3 is 2.75 bits per heavy atom. The van der Waals surface area contributed by atoms with E-state index < -0.39 is 0 Å². The predicted molar refractivity (Wildman–Crippen MR) is 101 cm³/mol. The molecule has 0 saturated carbocycles. The van der Waals surface area contributed by atoms with Crippen LogP contribution in [0.3, 0.4) is 0 Å². The Balaban J connectivity index is 2.21. The number of halogens is 1. The van der Waals surface area contributed by atoms with Crippen molar-refractivity contribution in [1.29, 1.82) is 0 Å². The fraction of sp³-hybridized carbons (Fsp3) is 0.500. The van der Waals surface area contributed by atoms with Gasteiger partial charge in [-0.1, -0.05) is 13.8 Å². The number of aromatic amines is 1. The molecule has 2 N–H and O–H groups in total. The van der Waals surface area contributed by atoms with Crippen LogP contribution in [0.5, 0.6) is 11.5 Å². The Labute approximate surface area is 155 Å². The van der Waals surface area contributed by atoms with E-state index in [9.17, 15) is 0 Å². The van der Waals surface area contributed by atoms with Gasteiger partial charge in [0.2, 0.25) is 4.77 Å². The van der Waals surface area contributed by atoms with Gasteiger partial charge in [-0.3, -0.25) is 5.10 Å². The molecule has 0 spiro atoms. The van der Waals surface area contributed by atoms with Gasteiger partial charge >= 0.3 is 0 Å². The summed E-state index contributed by atoms with van der Waals surface area (Å²) in [5, 5.41) is 6.99.